The van der Waals surface area contributed by atoms with Crippen molar-refractivity contribution in [2.45, 2.75) is 18.0 Å². The number of fused-ring (bicyclic) bond motifs is 5. The quantitative estimate of drug-likeness (QED) is 0.134. The number of carbonyl (C=O) groups is 3. The molecule has 0 bridgehead atoms. The fourth-order valence-electron chi connectivity index (χ4n) is 6.93. The molecule has 41 heavy (non-hydrogen) atoms. The number of anilines is 1. The second kappa shape index (κ2) is 8.89. The van der Waals surface area contributed by atoms with Crippen LogP contribution in [0.1, 0.15) is 48.1 Å². The zero-order valence-electron chi connectivity index (χ0n) is 21.4. The van der Waals surface area contributed by atoms with Crippen LogP contribution in [-0.4, -0.2) is 34.4 Å². The highest BCUT2D eigenvalue weighted by molar-refractivity contribution is 6.32. The number of hydrogen-bond acceptors (Lipinski definition) is 6. The number of rotatable bonds is 4. The van der Waals surface area contributed by atoms with Crippen molar-refractivity contribution in [1.82, 2.24) is 0 Å². The molecule has 7 rings (SSSR count). The number of Topliss-reactive ketones (excluding diaryl/α,β-unsaturated/α-hetero) is 3. The Morgan fingerprint density at radius 1 is 0.854 bits per heavy atom. The second-order valence-corrected chi connectivity index (χ2v) is 10.5. The van der Waals surface area contributed by atoms with Crippen LogP contribution in [0.5, 0.6) is 0 Å². The Morgan fingerprint density at radius 3 is 2.22 bits per heavy atom. The summed E-state index contributed by atoms with van der Waals surface area (Å²) in [5.74, 6) is -3.38. The van der Waals surface area contributed by atoms with E-state index in [0.717, 1.165) is 5.56 Å². The first-order valence-electron chi connectivity index (χ1n) is 13.1. The van der Waals surface area contributed by atoms with Crippen LogP contribution in [0.2, 0.25) is 0 Å². The van der Waals surface area contributed by atoms with Gasteiger partial charge in [-0.15, -0.1) is 0 Å². The zero-order chi connectivity index (χ0) is 28.5. The van der Waals surface area contributed by atoms with E-state index in [-0.39, 0.29) is 27.9 Å². The maximum atomic E-state index is 15.8. The van der Waals surface area contributed by atoms with E-state index in [4.69, 9.17) is 0 Å². The van der Waals surface area contributed by atoms with Gasteiger partial charge in [0.15, 0.2) is 17.3 Å². The Labute approximate surface area is 233 Å². The summed E-state index contributed by atoms with van der Waals surface area (Å²) in [6, 6.07) is 22.9. The Kier molecular flexibility index (Phi) is 5.37. The van der Waals surface area contributed by atoms with Crippen LogP contribution in [0.4, 0.5) is 15.8 Å². The summed E-state index contributed by atoms with van der Waals surface area (Å²) in [4.78, 5) is 56.4. The van der Waals surface area contributed by atoms with E-state index >= 15 is 4.39 Å². The minimum Gasteiger partial charge on any atom is -0.352 e. The van der Waals surface area contributed by atoms with Crippen molar-refractivity contribution < 1.29 is 23.7 Å². The third kappa shape index (κ3) is 3.27. The summed E-state index contributed by atoms with van der Waals surface area (Å²) in [5, 5.41) is 11.6. The van der Waals surface area contributed by atoms with Gasteiger partial charge in [0.1, 0.15) is 17.3 Å². The molecule has 0 radical (unpaired) electrons. The first-order chi connectivity index (χ1) is 19.9. The molecule has 0 amide bonds. The molecule has 200 valence electrons. The van der Waals surface area contributed by atoms with Crippen molar-refractivity contribution >= 4 is 34.8 Å². The predicted molar refractivity (Wildman–Crippen MR) is 150 cm³/mol. The molecule has 1 spiro atoms. The zero-order valence-corrected chi connectivity index (χ0v) is 21.4. The lowest BCUT2D eigenvalue weighted by Crippen LogP contribution is -2.48. The maximum Gasteiger partial charge on any atom is 0.270 e. The predicted octanol–water partition coefficient (Wildman–Crippen LogP) is 6.05. The van der Waals surface area contributed by atoms with E-state index < -0.39 is 51.5 Å². The molecular weight excluding hydrogens is 523 g/mol. The van der Waals surface area contributed by atoms with Gasteiger partial charge in [-0.2, -0.15) is 0 Å². The SMILES string of the molecule is O=C(c1cccc([N+](=O)[O-])c1)[C@@H]1[C@H](c2ccccc2F)C2(C(=O)c3ccccc3C2=O)[C@@H]2C=Cc3ccccc3N12. The molecule has 8 heteroatoms. The number of ketones is 3. The number of carbonyl (C=O) groups excluding carboxylic acids is 3. The molecule has 0 unspecified atom stereocenters. The normalized spacial score (nSPS) is 21.5. The van der Waals surface area contributed by atoms with Crippen molar-refractivity contribution in [3.8, 4) is 0 Å². The molecule has 2 aliphatic heterocycles. The van der Waals surface area contributed by atoms with Crippen molar-refractivity contribution in [3.05, 3.63) is 147 Å². The number of benzene rings is 4. The lowest BCUT2D eigenvalue weighted by atomic mass is 9.64. The Bertz CT molecular complexity index is 1810. The summed E-state index contributed by atoms with van der Waals surface area (Å²) in [6.45, 7) is 0. The minimum absolute atomic E-state index is 0.0313. The molecule has 2 heterocycles. The smallest absolute Gasteiger partial charge is 0.270 e. The summed E-state index contributed by atoms with van der Waals surface area (Å²) < 4.78 is 15.8. The molecule has 3 aliphatic rings. The first kappa shape index (κ1) is 24.8. The monoisotopic (exact) mass is 544 g/mol. The molecule has 0 N–H and O–H groups in total. The third-order valence-corrected chi connectivity index (χ3v) is 8.56. The summed E-state index contributed by atoms with van der Waals surface area (Å²) >= 11 is 0. The van der Waals surface area contributed by atoms with E-state index in [1.54, 1.807) is 53.4 Å². The lowest BCUT2D eigenvalue weighted by molar-refractivity contribution is -0.384. The molecule has 1 fully saturated rings. The van der Waals surface area contributed by atoms with Crippen molar-refractivity contribution in [2.24, 2.45) is 5.41 Å². The third-order valence-electron chi connectivity index (χ3n) is 8.56. The molecule has 1 saturated heterocycles. The summed E-state index contributed by atoms with van der Waals surface area (Å²) in [5.41, 5.74) is -0.198. The summed E-state index contributed by atoms with van der Waals surface area (Å²) in [6.07, 6.45) is 3.57. The van der Waals surface area contributed by atoms with Crippen LogP contribution in [0, 0.1) is 21.3 Å². The Balaban J connectivity index is 1.55. The minimum atomic E-state index is -1.85. The average molecular weight is 545 g/mol. The number of hydrogen-bond donors (Lipinski definition) is 0. The van der Waals surface area contributed by atoms with Gasteiger partial charge in [-0.3, -0.25) is 24.5 Å². The number of non-ortho nitro benzene ring substituents is 1. The molecule has 1 aliphatic carbocycles. The molecule has 3 atom stereocenters. The number of nitrogens with zero attached hydrogens (tertiary/aromatic N) is 2. The van der Waals surface area contributed by atoms with E-state index in [2.05, 4.69) is 0 Å². The van der Waals surface area contributed by atoms with Gasteiger partial charge in [0, 0.05) is 40.4 Å². The van der Waals surface area contributed by atoms with Gasteiger partial charge in [0.25, 0.3) is 5.69 Å². The van der Waals surface area contributed by atoms with Crippen molar-refractivity contribution in [2.75, 3.05) is 4.90 Å². The van der Waals surface area contributed by atoms with Crippen LogP contribution < -0.4 is 4.90 Å². The van der Waals surface area contributed by atoms with Crippen LogP contribution in [0.25, 0.3) is 6.08 Å². The lowest BCUT2D eigenvalue weighted by Gasteiger charge is -2.37. The average Bonchev–Trinajstić information content (AvgIpc) is 3.43. The van der Waals surface area contributed by atoms with Gasteiger partial charge in [-0.1, -0.05) is 84.9 Å². The topological polar surface area (TPSA) is 97.6 Å². The Hall–Kier alpha value is -5.24. The van der Waals surface area contributed by atoms with Gasteiger partial charge < -0.3 is 4.90 Å². The van der Waals surface area contributed by atoms with Crippen LogP contribution in [0.15, 0.2) is 103 Å². The first-order valence-corrected chi connectivity index (χ1v) is 13.1. The van der Waals surface area contributed by atoms with E-state index in [9.17, 15) is 24.5 Å². The van der Waals surface area contributed by atoms with Gasteiger partial charge in [-0.05, 0) is 23.3 Å². The summed E-state index contributed by atoms with van der Waals surface area (Å²) in [7, 11) is 0. The van der Waals surface area contributed by atoms with Crippen LogP contribution in [0.3, 0.4) is 0 Å². The highest BCUT2D eigenvalue weighted by Gasteiger charge is 2.71. The highest BCUT2D eigenvalue weighted by atomic mass is 19.1. The molecule has 0 aromatic heterocycles. The van der Waals surface area contributed by atoms with Crippen LogP contribution in [-0.2, 0) is 0 Å². The van der Waals surface area contributed by atoms with Crippen molar-refractivity contribution in [3.63, 3.8) is 0 Å². The second-order valence-electron chi connectivity index (χ2n) is 10.5. The van der Waals surface area contributed by atoms with E-state index in [0.29, 0.717) is 5.69 Å². The molecule has 4 aromatic rings. The van der Waals surface area contributed by atoms with Gasteiger partial charge >= 0.3 is 0 Å². The van der Waals surface area contributed by atoms with Gasteiger partial charge in [0.2, 0.25) is 0 Å². The number of nitro groups is 1. The van der Waals surface area contributed by atoms with Gasteiger partial charge in [0.05, 0.1) is 11.0 Å². The number of para-hydroxylation sites is 1. The standard InChI is InChI=1S/C33H21FN2O5/c34-25-14-5-4-13-24(25)28-29(30(37)20-9-7-10-21(18-20)36(40)41)35-26-15-6-1-8-19(26)16-17-27(35)33(28)31(38)22-11-2-3-12-23(22)32(33)39/h1-18,27-29H/t27-,28-,29-/m0/s1. The largest absolute Gasteiger partial charge is 0.352 e. The molecule has 0 saturated carbocycles. The fourth-order valence-corrected chi connectivity index (χ4v) is 6.93. The Morgan fingerprint density at radius 2 is 1.51 bits per heavy atom. The number of nitro benzene ring substituents is 1. The highest BCUT2D eigenvalue weighted by Crippen LogP contribution is 2.61. The van der Waals surface area contributed by atoms with Crippen LogP contribution >= 0.6 is 0 Å². The van der Waals surface area contributed by atoms with E-state index in [1.165, 1.54) is 42.5 Å². The molecular formula is C33H21FN2O5. The molecule has 4 aromatic carbocycles. The maximum absolute atomic E-state index is 15.8. The molecule has 7 nitrogen and oxygen atoms in total. The van der Waals surface area contributed by atoms with Gasteiger partial charge in [-0.25, -0.2) is 4.39 Å². The fraction of sp³-hybridized carbons (Fsp3) is 0.121. The van der Waals surface area contributed by atoms with Crippen molar-refractivity contribution in [1.29, 1.82) is 0 Å². The van der Waals surface area contributed by atoms with E-state index in [1.807, 2.05) is 18.2 Å². The number of halogens is 1.